The maximum absolute atomic E-state index is 12.3. The number of carbonyl (C=O) groups is 3. The van der Waals surface area contributed by atoms with Crippen molar-refractivity contribution in [3.63, 3.8) is 0 Å². The summed E-state index contributed by atoms with van der Waals surface area (Å²) in [6, 6.07) is 5.04. The van der Waals surface area contributed by atoms with Gasteiger partial charge in [0.15, 0.2) is 6.61 Å². The molecule has 2 aliphatic heterocycles. The Labute approximate surface area is 151 Å². The van der Waals surface area contributed by atoms with Gasteiger partial charge in [-0.3, -0.25) is 9.59 Å². The molecular weight excluding hydrogens is 340 g/mol. The lowest BCUT2D eigenvalue weighted by atomic mass is 10.1. The first-order valence-corrected chi connectivity index (χ1v) is 9.29. The fourth-order valence-corrected chi connectivity index (χ4v) is 4.72. The summed E-state index contributed by atoms with van der Waals surface area (Å²) in [5.74, 6) is -0.403. The average Bonchev–Trinajstić information content (AvgIpc) is 3.06. The van der Waals surface area contributed by atoms with Crippen molar-refractivity contribution in [1.82, 2.24) is 4.90 Å². The molecule has 0 aromatic heterocycles. The van der Waals surface area contributed by atoms with E-state index in [1.165, 1.54) is 0 Å². The number of nitrogens with one attached hydrogen (secondary N) is 1. The van der Waals surface area contributed by atoms with E-state index >= 15 is 0 Å². The Bertz CT molecular complexity index is 736. The minimum absolute atomic E-state index is 0.0192. The van der Waals surface area contributed by atoms with Crippen LogP contribution >= 0.6 is 11.8 Å². The van der Waals surface area contributed by atoms with Gasteiger partial charge < -0.3 is 15.0 Å². The quantitative estimate of drug-likeness (QED) is 0.832. The molecule has 2 saturated heterocycles. The maximum Gasteiger partial charge on any atom is 0.330 e. The molecule has 0 radical (unpaired) electrons. The van der Waals surface area contributed by atoms with Crippen molar-refractivity contribution in [2.24, 2.45) is 0 Å². The van der Waals surface area contributed by atoms with Crippen LogP contribution in [0, 0.1) is 13.8 Å². The van der Waals surface area contributed by atoms with Crippen LogP contribution < -0.4 is 5.32 Å². The van der Waals surface area contributed by atoms with E-state index in [0.717, 1.165) is 17.5 Å². The summed E-state index contributed by atoms with van der Waals surface area (Å²) in [4.78, 5) is 37.8. The molecule has 1 N–H and O–H groups in total. The Morgan fingerprint density at radius 2 is 2.16 bits per heavy atom. The van der Waals surface area contributed by atoms with Gasteiger partial charge >= 0.3 is 5.97 Å². The van der Waals surface area contributed by atoms with E-state index in [-0.39, 0.29) is 23.3 Å². The van der Waals surface area contributed by atoms with Gasteiger partial charge in [0.05, 0.1) is 4.87 Å². The Morgan fingerprint density at radius 1 is 1.40 bits per heavy atom. The SMILES string of the molecule is Cc1cccc(NC(=O)COC(=O)[C@H]2CS[C@]3(C)CCC(=O)N23)c1C. The van der Waals surface area contributed by atoms with Crippen LogP contribution in [0.5, 0.6) is 0 Å². The summed E-state index contributed by atoms with van der Waals surface area (Å²) in [7, 11) is 0. The van der Waals surface area contributed by atoms with Crippen molar-refractivity contribution in [3.05, 3.63) is 29.3 Å². The molecule has 0 unspecified atom stereocenters. The molecule has 0 saturated carbocycles. The third kappa shape index (κ3) is 3.38. The summed E-state index contributed by atoms with van der Waals surface area (Å²) in [5, 5.41) is 2.76. The second-order valence-corrected chi connectivity index (χ2v) is 8.17. The number of rotatable bonds is 4. The van der Waals surface area contributed by atoms with Crippen molar-refractivity contribution < 1.29 is 19.1 Å². The molecule has 7 heteroatoms. The van der Waals surface area contributed by atoms with Crippen LogP contribution in [0.2, 0.25) is 0 Å². The Kier molecular flexibility index (Phi) is 4.77. The number of hydrogen-bond donors (Lipinski definition) is 1. The van der Waals surface area contributed by atoms with Gasteiger partial charge in [-0.25, -0.2) is 4.79 Å². The first-order chi connectivity index (χ1) is 11.8. The molecule has 0 spiro atoms. The van der Waals surface area contributed by atoms with Gasteiger partial charge in [0.2, 0.25) is 5.91 Å². The largest absolute Gasteiger partial charge is 0.454 e. The van der Waals surface area contributed by atoms with Gasteiger partial charge in [0.1, 0.15) is 6.04 Å². The van der Waals surface area contributed by atoms with Crippen LogP contribution in [0.4, 0.5) is 5.69 Å². The normalized spacial score (nSPS) is 25.0. The molecular formula is C18H22N2O4S. The number of hydrogen-bond acceptors (Lipinski definition) is 5. The number of anilines is 1. The van der Waals surface area contributed by atoms with Gasteiger partial charge in [-0.05, 0) is 44.4 Å². The van der Waals surface area contributed by atoms with Crippen molar-refractivity contribution in [1.29, 1.82) is 0 Å². The summed E-state index contributed by atoms with van der Waals surface area (Å²) in [6.07, 6.45) is 1.20. The first-order valence-electron chi connectivity index (χ1n) is 8.30. The van der Waals surface area contributed by atoms with Gasteiger partial charge in [0, 0.05) is 17.9 Å². The number of esters is 1. The predicted molar refractivity (Wildman–Crippen MR) is 96.2 cm³/mol. The second kappa shape index (κ2) is 6.71. The van der Waals surface area contributed by atoms with E-state index in [2.05, 4.69) is 5.32 Å². The fraction of sp³-hybridized carbons (Fsp3) is 0.500. The van der Waals surface area contributed by atoms with Crippen LogP contribution in [-0.4, -0.2) is 46.0 Å². The molecule has 6 nitrogen and oxygen atoms in total. The number of ether oxygens (including phenoxy) is 1. The van der Waals surface area contributed by atoms with E-state index in [1.54, 1.807) is 16.7 Å². The van der Waals surface area contributed by atoms with Crippen LogP contribution in [0.15, 0.2) is 18.2 Å². The molecule has 0 aliphatic carbocycles. The number of aryl methyl sites for hydroxylation is 1. The zero-order valence-corrected chi connectivity index (χ0v) is 15.4. The Morgan fingerprint density at radius 3 is 2.92 bits per heavy atom. The van der Waals surface area contributed by atoms with Crippen molar-refractivity contribution >= 4 is 35.2 Å². The van der Waals surface area contributed by atoms with Crippen molar-refractivity contribution in [2.45, 2.75) is 44.5 Å². The topological polar surface area (TPSA) is 75.7 Å². The number of thioether (sulfide) groups is 1. The lowest BCUT2D eigenvalue weighted by molar-refractivity contribution is -0.155. The minimum Gasteiger partial charge on any atom is -0.454 e. The van der Waals surface area contributed by atoms with Crippen LogP contribution in [0.25, 0.3) is 0 Å². The van der Waals surface area contributed by atoms with Gasteiger partial charge in [-0.2, -0.15) is 0 Å². The predicted octanol–water partition coefficient (Wildman–Crippen LogP) is 2.24. The monoisotopic (exact) mass is 362 g/mol. The Hall–Kier alpha value is -2.02. The van der Waals surface area contributed by atoms with E-state index in [0.29, 0.717) is 17.9 Å². The lowest BCUT2D eigenvalue weighted by Gasteiger charge is -2.29. The molecule has 2 amide bonds. The van der Waals surface area contributed by atoms with Gasteiger partial charge in [-0.15, -0.1) is 11.8 Å². The number of nitrogens with zero attached hydrogens (tertiary/aromatic N) is 1. The zero-order chi connectivity index (χ0) is 18.2. The molecule has 2 atom stereocenters. The zero-order valence-electron chi connectivity index (χ0n) is 14.6. The second-order valence-electron chi connectivity index (χ2n) is 6.67. The maximum atomic E-state index is 12.3. The smallest absolute Gasteiger partial charge is 0.330 e. The summed E-state index contributed by atoms with van der Waals surface area (Å²) in [5.41, 5.74) is 2.76. The highest BCUT2D eigenvalue weighted by Crippen LogP contribution is 2.47. The van der Waals surface area contributed by atoms with Crippen LogP contribution in [-0.2, 0) is 19.1 Å². The highest BCUT2D eigenvalue weighted by molar-refractivity contribution is 8.01. The standard InChI is InChI=1S/C18H22N2O4S/c1-11-5-4-6-13(12(11)2)19-15(21)9-24-17(23)14-10-25-18(3)8-7-16(22)20(14)18/h4-6,14H,7-10H2,1-3H3,(H,19,21)/t14-,18-/m1/s1. The minimum atomic E-state index is -0.599. The highest BCUT2D eigenvalue weighted by atomic mass is 32.2. The number of benzene rings is 1. The number of amides is 2. The highest BCUT2D eigenvalue weighted by Gasteiger charge is 2.53. The molecule has 3 rings (SSSR count). The van der Waals surface area contributed by atoms with Gasteiger partial charge in [0.25, 0.3) is 5.91 Å². The Balaban J connectivity index is 1.56. The molecule has 134 valence electrons. The number of fused-ring (bicyclic) bond motifs is 1. The third-order valence-electron chi connectivity index (χ3n) is 4.94. The third-order valence-corrected chi connectivity index (χ3v) is 6.45. The molecule has 2 fully saturated rings. The van der Waals surface area contributed by atoms with Crippen molar-refractivity contribution in [2.75, 3.05) is 17.7 Å². The van der Waals surface area contributed by atoms with E-state index < -0.39 is 12.0 Å². The van der Waals surface area contributed by atoms with Crippen molar-refractivity contribution in [3.8, 4) is 0 Å². The summed E-state index contributed by atoms with van der Waals surface area (Å²) in [6.45, 7) is 5.51. The molecule has 1 aromatic rings. The van der Waals surface area contributed by atoms with Crippen LogP contribution in [0.1, 0.15) is 30.9 Å². The van der Waals surface area contributed by atoms with E-state index in [1.807, 2.05) is 39.0 Å². The van der Waals surface area contributed by atoms with Gasteiger partial charge in [-0.1, -0.05) is 12.1 Å². The van der Waals surface area contributed by atoms with Crippen LogP contribution in [0.3, 0.4) is 0 Å². The lowest BCUT2D eigenvalue weighted by Crippen LogP contribution is -2.47. The molecule has 2 heterocycles. The summed E-state index contributed by atoms with van der Waals surface area (Å²) < 4.78 is 5.17. The summed E-state index contributed by atoms with van der Waals surface area (Å²) >= 11 is 1.60. The molecule has 1 aromatic carbocycles. The van der Waals surface area contributed by atoms with E-state index in [4.69, 9.17) is 4.74 Å². The first kappa shape index (κ1) is 17.8. The molecule has 0 bridgehead atoms. The molecule has 25 heavy (non-hydrogen) atoms. The number of carbonyl (C=O) groups excluding carboxylic acids is 3. The average molecular weight is 362 g/mol. The van der Waals surface area contributed by atoms with E-state index in [9.17, 15) is 14.4 Å². The fourth-order valence-electron chi connectivity index (χ4n) is 3.30. The molecule has 2 aliphatic rings.